The molecule has 0 aromatic heterocycles. The summed E-state index contributed by atoms with van der Waals surface area (Å²) in [5.41, 5.74) is -0.0604. The lowest BCUT2D eigenvalue weighted by Gasteiger charge is -2.27. The highest BCUT2D eigenvalue weighted by Crippen LogP contribution is 2.34. The lowest BCUT2D eigenvalue weighted by atomic mass is 10.0. The van der Waals surface area contributed by atoms with Crippen LogP contribution in [0.3, 0.4) is 0 Å². The van der Waals surface area contributed by atoms with Crippen LogP contribution >= 0.6 is 0 Å². The van der Waals surface area contributed by atoms with E-state index in [1.807, 2.05) is 19.2 Å². The van der Waals surface area contributed by atoms with E-state index in [4.69, 9.17) is 4.74 Å². The molecule has 0 bridgehead atoms. The van der Waals surface area contributed by atoms with Crippen molar-refractivity contribution < 1.29 is 29.2 Å². The zero-order valence-electron chi connectivity index (χ0n) is 16.9. The molecular weight excluding hydrogens is 406 g/mol. The Kier molecular flexibility index (Phi) is 5.73. The Morgan fingerprint density at radius 3 is 2.32 bits per heavy atom. The second-order valence-corrected chi connectivity index (χ2v) is 7.03. The van der Waals surface area contributed by atoms with E-state index >= 15 is 0 Å². The van der Waals surface area contributed by atoms with E-state index in [9.17, 15) is 29.6 Å². The maximum absolute atomic E-state index is 13.0. The predicted octanol–water partition coefficient (Wildman–Crippen LogP) is 2.47. The molecule has 10 nitrogen and oxygen atoms in total. The summed E-state index contributed by atoms with van der Waals surface area (Å²) in [6, 6.07) is 7.56. The average Bonchev–Trinajstić information content (AvgIpc) is 2.72. The van der Waals surface area contributed by atoms with Gasteiger partial charge in [0.05, 0.1) is 23.8 Å². The van der Waals surface area contributed by atoms with E-state index in [-0.39, 0.29) is 22.9 Å². The minimum atomic E-state index is -1.02. The van der Waals surface area contributed by atoms with Crippen LogP contribution in [0.1, 0.15) is 30.9 Å². The number of nitro benzene ring substituents is 1. The number of carbonyl (C=O) groups is 3. The zero-order valence-corrected chi connectivity index (χ0v) is 16.9. The van der Waals surface area contributed by atoms with Crippen molar-refractivity contribution in [3.8, 4) is 11.5 Å². The van der Waals surface area contributed by atoms with Gasteiger partial charge in [0.2, 0.25) is 0 Å². The number of amides is 4. The summed E-state index contributed by atoms with van der Waals surface area (Å²) in [5.74, 6) is -2.81. The first-order valence-corrected chi connectivity index (χ1v) is 9.19. The quantitative estimate of drug-likeness (QED) is 0.336. The Hall–Kier alpha value is -4.21. The van der Waals surface area contributed by atoms with Crippen LogP contribution in [0.25, 0.3) is 6.08 Å². The first-order valence-electron chi connectivity index (χ1n) is 9.19. The molecule has 0 saturated carbocycles. The molecule has 0 unspecified atom stereocenters. The number of nitro groups is 1. The average molecular weight is 424 g/mol. The Balaban J connectivity index is 2.07. The number of benzene rings is 2. The summed E-state index contributed by atoms with van der Waals surface area (Å²) in [5, 5.41) is 25.6. The van der Waals surface area contributed by atoms with Gasteiger partial charge in [0.25, 0.3) is 17.5 Å². The van der Waals surface area contributed by atoms with Crippen LogP contribution in [-0.4, -0.2) is 29.9 Å². The fraction of sp³-hybridized carbons (Fsp3) is 0.190. The number of rotatable bonds is 5. The summed E-state index contributed by atoms with van der Waals surface area (Å²) in [4.78, 5) is 48.8. The first-order chi connectivity index (χ1) is 14.6. The van der Waals surface area contributed by atoms with Gasteiger partial charge < -0.3 is 9.84 Å². The maximum Gasteiger partial charge on any atom is 0.335 e. The Labute approximate surface area is 176 Å². The monoisotopic (exact) mass is 424 g/mol. The molecule has 3 rings (SSSR count). The van der Waals surface area contributed by atoms with Gasteiger partial charge in [0.15, 0.2) is 0 Å². The number of carbonyl (C=O) groups excluding carboxylic acids is 3. The fourth-order valence-electron chi connectivity index (χ4n) is 3.03. The van der Waals surface area contributed by atoms with E-state index < -0.39 is 39.8 Å². The molecule has 4 amide bonds. The van der Waals surface area contributed by atoms with E-state index in [0.29, 0.717) is 0 Å². The molecule has 0 atom stereocenters. The van der Waals surface area contributed by atoms with Crippen LogP contribution in [0.4, 0.5) is 16.2 Å². The molecular formula is C21H18N3O7-. The molecule has 160 valence electrons. The number of ether oxygens (including phenoxy) is 1. The van der Waals surface area contributed by atoms with Gasteiger partial charge in [-0.05, 0) is 35.3 Å². The van der Waals surface area contributed by atoms with Crippen LogP contribution < -0.4 is 20.1 Å². The second-order valence-electron chi connectivity index (χ2n) is 7.03. The van der Waals surface area contributed by atoms with E-state index in [0.717, 1.165) is 35.8 Å². The number of methoxy groups -OCH3 is 1. The molecule has 0 spiro atoms. The Bertz CT molecular complexity index is 1120. The van der Waals surface area contributed by atoms with Gasteiger partial charge in [-0.3, -0.25) is 25.0 Å². The molecule has 31 heavy (non-hydrogen) atoms. The van der Waals surface area contributed by atoms with Crippen LogP contribution in [0, 0.1) is 10.1 Å². The molecule has 2 aromatic rings. The molecule has 1 N–H and O–H groups in total. The van der Waals surface area contributed by atoms with Gasteiger partial charge in [-0.2, -0.15) is 0 Å². The smallest absolute Gasteiger partial charge is 0.335 e. The maximum atomic E-state index is 13.0. The summed E-state index contributed by atoms with van der Waals surface area (Å²) in [6.07, 6.45) is 0.914. The van der Waals surface area contributed by atoms with Crippen molar-refractivity contribution in [3.05, 3.63) is 63.2 Å². The summed E-state index contributed by atoms with van der Waals surface area (Å²) >= 11 is 0. The number of imide groups is 2. The minimum absolute atomic E-state index is 0.226. The number of hydrogen-bond acceptors (Lipinski definition) is 7. The van der Waals surface area contributed by atoms with Gasteiger partial charge in [0, 0.05) is 6.07 Å². The van der Waals surface area contributed by atoms with Crippen molar-refractivity contribution in [3.63, 3.8) is 0 Å². The van der Waals surface area contributed by atoms with Crippen molar-refractivity contribution in [2.45, 2.75) is 19.8 Å². The third kappa shape index (κ3) is 4.08. The van der Waals surface area contributed by atoms with Gasteiger partial charge >= 0.3 is 6.03 Å². The number of nitrogens with one attached hydrogen (secondary N) is 1. The minimum Gasteiger partial charge on any atom is -0.870 e. The van der Waals surface area contributed by atoms with E-state index in [1.165, 1.54) is 0 Å². The van der Waals surface area contributed by atoms with E-state index in [1.54, 1.807) is 24.3 Å². The van der Waals surface area contributed by atoms with Crippen LogP contribution in [0.15, 0.2) is 42.0 Å². The van der Waals surface area contributed by atoms with Crippen LogP contribution in [-0.2, 0) is 9.59 Å². The highest BCUT2D eigenvalue weighted by atomic mass is 16.6. The zero-order chi connectivity index (χ0) is 22.9. The van der Waals surface area contributed by atoms with E-state index in [2.05, 4.69) is 0 Å². The molecule has 0 aliphatic carbocycles. The van der Waals surface area contributed by atoms with Gasteiger partial charge in [0.1, 0.15) is 11.3 Å². The molecule has 0 radical (unpaired) electrons. The number of non-ortho nitro benzene ring substituents is 1. The molecule has 10 heteroatoms. The largest absolute Gasteiger partial charge is 0.870 e. The molecule has 1 aliphatic heterocycles. The summed E-state index contributed by atoms with van der Waals surface area (Å²) in [7, 11) is 1.16. The van der Waals surface area contributed by atoms with Gasteiger partial charge in [-0.15, -0.1) is 0 Å². The second kappa shape index (κ2) is 8.27. The number of nitrogens with zero attached hydrogens (tertiary/aromatic N) is 2. The lowest BCUT2D eigenvalue weighted by Crippen LogP contribution is -2.54. The van der Waals surface area contributed by atoms with Crippen molar-refractivity contribution in [2.24, 2.45) is 0 Å². The fourth-order valence-corrected chi connectivity index (χ4v) is 3.03. The van der Waals surface area contributed by atoms with Crippen LogP contribution in [0.5, 0.6) is 11.5 Å². The van der Waals surface area contributed by atoms with Crippen molar-refractivity contribution in [2.75, 3.05) is 12.0 Å². The molecule has 1 aliphatic rings. The first kappa shape index (κ1) is 21.5. The molecule has 1 heterocycles. The SMILES string of the molecule is COc1cc([N+](=O)[O-])cc(/C=C2\C(=O)NC(=O)N(c3ccc(C(C)C)cc3)C2=O)c1[O-]. The lowest BCUT2D eigenvalue weighted by molar-refractivity contribution is -0.385. The van der Waals surface area contributed by atoms with Crippen molar-refractivity contribution in [1.82, 2.24) is 5.32 Å². The normalized spacial score (nSPS) is 15.4. The van der Waals surface area contributed by atoms with Crippen LogP contribution in [0.2, 0.25) is 0 Å². The van der Waals surface area contributed by atoms with Gasteiger partial charge in [-0.1, -0.05) is 31.7 Å². The molecule has 1 saturated heterocycles. The Morgan fingerprint density at radius 1 is 1.13 bits per heavy atom. The molecule has 1 fully saturated rings. The predicted molar refractivity (Wildman–Crippen MR) is 109 cm³/mol. The molecule has 2 aromatic carbocycles. The topological polar surface area (TPSA) is 142 Å². The third-order valence-electron chi connectivity index (χ3n) is 4.72. The third-order valence-corrected chi connectivity index (χ3v) is 4.72. The number of hydrogen-bond donors (Lipinski definition) is 1. The van der Waals surface area contributed by atoms with Crippen molar-refractivity contribution in [1.29, 1.82) is 0 Å². The highest BCUT2D eigenvalue weighted by Gasteiger charge is 2.37. The summed E-state index contributed by atoms with van der Waals surface area (Å²) in [6.45, 7) is 3.97. The number of urea groups is 1. The Morgan fingerprint density at radius 2 is 1.77 bits per heavy atom. The summed E-state index contributed by atoms with van der Waals surface area (Å²) < 4.78 is 4.86. The number of barbiturate groups is 1. The van der Waals surface area contributed by atoms with Gasteiger partial charge in [-0.25, -0.2) is 9.69 Å². The number of anilines is 1. The van der Waals surface area contributed by atoms with Crippen molar-refractivity contribution >= 4 is 35.3 Å². The highest BCUT2D eigenvalue weighted by molar-refractivity contribution is 6.39. The standard InChI is InChI=1S/C21H19N3O7/c1-11(2)12-4-6-14(7-5-12)23-20(27)16(19(26)22-21(23)28)9-13-8-15(24(29)30)10-17(31-3)18(13)25/h4-11,25H,1-3H3,(H,22,26,28)/p-1/b16-9+.